The van der Waals surface area contributed by atoms with Crippen molar-refractivity contribution < 1.29 is 91.2 Å². The van der Waals surface area contributed by atoms with Crippen LogP contribution in [0.2, 0.25) is 25.7 Å². The zero-order valence-electron chi connectivity index (χ0n) is 53.3. The van der Waals surface area contributed by atoms with Crippen LogP contribution in [0.1, 0.15) is 98.4 Å². The molecule has 4 bridgehead atoms. The molecule has 0 saturated carbocycles. The number of aliphatic hydroxyl groups is 2. The van der Waals surface area contributed by atoms with E-state index < -0.39 is 123 Å². The first kappa shape index (κ1) is 72.6. The van der Waals surface area contributed by atoms with Crippen molar-refractivity contribution in [3.8, 4) is 28.4 Å². The number of aliphatic hydroxyl groups excluding tert-OH is 2. The highest BCUT2D eigenvalue weighted by molar-refractivity contribution is 6.76. The van der Waals surface area contributed by atoms with Crippen molar-refractivity contribution >= 4 is 56.1 Å². The van der Waals surface area contributed by atoms with Gasteiger partial charge in [-0.25, -0.2) is 24.0 Å². The number of methoxy groups -OCH3 is 1. The first-order valence-electron chi connectivity index (χ1n) is 29.0. The third-order valence-corrected chi connectivity index (χ3v) is 14.2. The fraction of sp³-hybridized carbons (Fsp3) is 0.574. The van der Waals surface area contributed by atoms with Crippen molar-refractivity contribution in [3.63, 3.8) is 0 Å². The van der Waals surface area contributed by atoms with Gasteiger partial charge in [-0.15, -0.1) is 0 Å². The molecule has 0 unspecified atom stereocenters. The number of esters is 1. The lowest BCUT2D eigenvalue weighted by Crippen LogP contribution is -2.55. The Balaban J connectivity index is 2.04. The number of nitrogens with zero attached hydrogens (tertiary/aromatic N) is 1. The average Bonchev–Trinajstić information content (AvgIpc) is 1.82. The molecule has 1 heterocycles. The van der Waals surface area contributed by atoms with E-state index in [1.807, 2.05) is 0 Å². The molecule has 3 aromatic carbocycles. The minimum absolute atomic E-state index is 0.0286. The molecule has 488 valence electrons. The van der Waals surface area contributed by atoms with Gasteiger partial charge in [-0.1, -0.05) is 56.0 Å². The summed E-state index contributed by atoms with van der Waals surface area (Å²) in [6.45, 7) is 20.7. The second kappa shape index (κ2) is 32.9. The van der Waals surface area contributed by atoms with Crippen molar-refractivity contribution in [2.45, 2.75) is 168 Å². The molecule has 4 rings (SSSR count). The largest absolute Gasteiger partial charge is 0.490 e. The van der Waals surface area contributed by atoms with E-state index in [2.05, 4.69) is 51.5 Å². The van der Waals surface area contributed by atoms with Gasteiger partial charge in [-0.3, -0.25) is 14.4 Å². The minimum Gasteiger partial charge on any atom is -0.490 e. The first-order valence-corrected chi connectivity index (χ1v) is 32.7. The molecular formula is C61H91N7O19Si. The maximum absolute atomic E-state index is 15.3. The van der Waals surface area contributed by atoms with Crippen LogP contribution in [0, 0.1) is 0 Å². The Morgan fingerprint density at radius 3 is 1.83 bits per heavy atom. The normalized spacial score (nSPS) is 16.5. The van der Waals surface area contributed by atoms with E-state index in [1.165, 1.54) is 32.2 Å². The molecule has 6 atom stereocenters. The van der Waals surface area contributed by atoms with Gasteiger partial charge in [0.1, 0.15) is 78.7 Å². The fourth-order valence-electron chi connectivity index (χ4n) is 8.28. The predicted octanol–water partition coefficient (Wildman–Crippen LogP) is 6.00. The van der Waals surface area contributed by atoms with Gasteiger partial charge in [0, 0.05) is 45.8 Å². The monoisotopic (exact) mass is 1250 g/mol. The zero-order valence-corrected chi connectivity index (χ0v) is 54.3. The number of hydrogen-bond acceptors (Lipinski definition) is 19. The third kappa shape index (κ3) is 25.8. The molecule has 88 heavy (non-hydrogen) atoms. The van der Waals surface area contributed by atoms with Crippen LogP contribution >= 0.6 is 0 Å². The van der Waals surface area contributed by atoms with Crippen LogP contribution in [0.25, 0.3) is 11.1 Å². The summed E-state index contributed by atoms with van der Waals surface area (Å²) >= 11 is 0. The molecule has 0 fully saturated rings. The molecule has 0 saturated heterocycles. The second-order valence-electron chi connectivity index (χ2n) is 25.2. The Morgan fingerprint density at radius 1 is 0.705 bits per heavy atom. The number of hydrogen-bond donors (Lipinski definition) is 8. The summed E-state index contributed by atoms with van der Waals surface area (Å²) < 4.78 is 52.1. The Hall–Kier alpha value is -7.88. The molecule has 0 aliphatic carbocycles. The van der Waals surface area contributed by atoms with Gasteiger partial charge < -0.3 is 89.6 Å². The lowest BCUT2D eigenvalue weighted by atomic mass is 9.93. The van der Waals surface area contributed by atoms with Gasteiger partial charge in [0.05, 0.1) is 20.2 Å². The number of benzene rings is 3. The van der Waals surface area contributed by atoms with Gasteiger partial charge in [0.2, 0.25) is 17.7 Å². The maximum Gasteiger partial charge on any atom is 0.408 e. The van der Waals surface area contributed by atoms with Crippen molar-refractivity contribution in [1.82, 2.24) is 36.8 Å². The van der Waals surface area contributed by atoms with E-state index in [1.54, 1.807) is 105 Å². The van der Waals surface area contributed by atoms with Crippen molar-refractivity contribution in [2.75, 3.05) is 60.4 Å². The molecular weight excluding hydrogens is 1160 g/mol. The predicted molar refractivity (Wildman–Crippen MR) is 326 cm³/mol. The standard InChI is InChI=1S/C61H91N7O19Si/c1-37-51(71)66-46(54(74)79-12)28-39-21-22-47(81-34-41(69)31-63-56(76)86-60(5,6)7)43(27-39)44-29-40(30-48(50(44)84-36-80-25-26-88(13,14)15)82-35-42(70)32-64-57(77)87-61(8,9)10)49(52(72)65-37)68(11)53(73)45(23-24-62-55(75)85-59(2,3)4)67-58(78)83-33-38-19-17-16-18-20-38/h16-22,27,29-30,37,41-42,45-46,49,69-70H,23-26,28,31-36H2,1-15H3,(H,62,75)(H,63,76)(H,64,77)(H,65,72)(H,66,71)(H,67,78)/t37-,41+,42+,45-,46-,49-/m0/s1. The van der Waals surface area contributed by atoms with Crippen molar-refractivity contribution in [2.24, 2.45) is 0 Å². The van der Waals surface area contributed by atoms with E-state index in [0.29, 0.717) is 17.7 Å². The average molecular weight is 1250 g/mol. The summed E-state index contributed by atoms with van der Waals surface area (Å²) in [5.41, 5.74) is -1.33. The highest BCUT2D eigenvalue weighted by atomic mass is 28.3. The smallest absolute Gasteiger partial charge is 0.408 e. The highest BCUT2D eigenvalue weighted by Crippen LogP contribution is 2.46. The summed E-state index contributed by atoms with van der Waals surface area (Å²) in [6, 6.07) is 11.0. The molecule has 0 spiro atoms. The number of likely N-dealkylation sites (N-methyl/N-ethyl adjacent to an activating group) is 1. The quantitative estimate of drug-likeness (QED) is 0.0158. The Morgan fingerprint density at radius 2 is 1.27 bits per heavy atom. The SMILES string of the molecule is COC(=O)[C@@H]1Cc2ccc(OC[C@H](O)CNC(=O)OC(C)(C)C)c(c2)-c2cc(cc(OC[C@H](O)CNC(=O)OC(C)(C)C)c2OCOCC[Si](C)(C)C)[C@H](N(C)C(=O)[C@H](CCNC(=O)OC(C)(C)C)NC(=O)OCc2ccccc2)C(=O)N[C@@H](C)C(=O)N1. The van der Waals surface area contributed by atoms with Crippen LogP contribution in [-0.4, -0.2) is 179 Å². The Kier molecular flexibility index (Phi) is 27.1. The molecule has 1 aliphatic rings. The van der Waals surface area contributed by atoms with E-state index in [0.717, 1.165) is 18.1 Å². The number of ether oxygens (including phenoxy) is 9. The van der Waals surface area contributed by atoms with Crippen LogP contribution in [0.4, 0.5) is 19.2 Å². The highest BCUT2D eigenvalue weighted by Gasteiger charge is 2.38. The molecule has 0 radical (unpaired) electrons. The van der Waals surface area contributed by atoms with Crippen LogP contribution in [0.15, 0.2) is 60.7 Å². The van der Waals surface area contributed by atoms with E-state index in [4.69, 9.17) is 42.6 Å². The molecule has 8 N–H and O–H groups in total. The van der Waals surface area contributed by atoms with E-state index in [9.17, 15) is 39.0 Å². The molecule has 3 aromatic rings. The zero-order chi connectivity index (χ0) is 65.7. The van der Waals surface area contributed by atoms with Gasteiger partial charge in [-0.2, -0.15) is 0 Å². The summed E-state index contributed by atoms with van der Waals surface area (Å²) in [6.07, 6.45) is -6.68. The van der Waals surface area contributed by atoms with Gasteiger partial charge in [0.25, 0.3) is 0 Å². The van der Waals surface area contributed by atoms with E-state index >= 15 is 9.59 Å². The number of alkyl carbamates (subject to hydrolysis) is 4. The minimum atomic E-state index is -1.78. The summed E-state index contributed by atoms with van der Waals surface area (Å²) in [4.78, 5) is 111. The van der Waals surface area contributed by atoms with Crippen LogP contribution in [0.5, 0.6) is 17.2 Å². The lowest BCUT2D eigenvalue weighted by molar-refractivity contribution is -0.145. The van der Waals surface area contributed by atoms with E-state index in [-0.39, 0.29) is 79.8 Å². The Bertz CT molecular complexity index is 2850. The molecule has 26 nitrogen and oxygen atoms in total. The van der Waals surface area contributed by atoms with Gasteiger partial charge in [0.15, 0.2) is 18.3 Å². The van der Waals surface area contributed by atoms with Crippen LogP contribution in [0.3, 0.4) is 0 Å². The molecule has 0 aromatic heterocycles. The Labute approximate surface area is 516 Å². The number of carbonyl (C=O) groups excluding carboxylic acids is 8. The van der Waals surface area contributed by atoms with Crippen LogP contribution in [-0.2, 0) is 60.6 Å². The van der Waals surface area contributed by atoms with Gasteiger partial charge >= 0.3 is 30.3 Å². The number of carbonyl (C=O) groups is 8. The fourth-order valence-corrected chi connectivity index (χ4v) is 9.04. The summed E-state index contributed by atoms with van der Waals surface area (Å²) in [5, 5.41) is 38.1. The molecule has 1 aliphatic heterocycles. The number of amides is 7. The second-order valence-corrected chi connectivity index (χ2v) is 30.9. The first-order chi connectivity index (χ1) is 41.0. The summed E-state index contributed by atoms with van der Waals surface area (Å²) in [7, 11) is 0.768. The van der Waals surface area contributed by atoms with Crippen molar-refractivity contribution in [3.05, 3.63) is 77.4 Å². The lowest BCUT2D eigenvalue weighted by Gasteiger charge is -2.33. The summed E-state index contributed by atoms with van der Waals surface area (Å²) in [5.74, 6) is -3.74. The maximum atomic E-state index is 15.3. The molecule has 7 amide bonds. The number of fused-ring (bicyclic) bond motifs is 5. The van der Waals surface area contributed by atoms with Crippen LogP contribution < -0.4 is 46.1 Å². The molecule has 27 heteroatoms. The van der Waals surface area contributed by atoms with Crippen molar-refractivity contribution in [1.29, 1.82) is 0 Å². The van der Waals surface area contributed by atoms with Gasteiger partial charge in [-0.05, 0) is 123 Å². The third-order valence-electron chi connectivity index (χ3n) is 12.5. The number of nitrogens with one attached hydrogen (secondary N) is 6. The topological polar surface area (TPSA) is 336 Å². The number of rotatable bonds is 25.